The lowest BCUT2D eigenvalue weighted by Crippen LogP contribution is -2.51. The van der Waals surface area contributed by atoms with Gasteiger partial charge in [0.2, 0.25) is 5.91 Å². The van der Waals surface area contributed by atoms with Crippen LogP contribution in [-0.2, 0) is 4.79 Å². The second kappa shape index (κ2) is 4.53. The Hall–Kier alpha value is -0.220. The maximum Gasteiger partial charge on any atom is 0.219 e. The van der Waals surface area contributed by atoms with Gasteiger partial charge in [0.1, 0.15) is 0 Å². The predicted octanol–water partition coefficient (Wildman–Crippen LogP) is 0.656. The number of rotatable bonds is 1. The van der Waals surface area contributed by atoms with Crippen molar-refractivity contribution < 1.29 is 4.79 Å². The van der Waals surface area contributed by atoms with Crippen molar-refractivity contribution in [2.75, 3.05) is 37.7 Å². The summed E-state index contributed by atoms with van der Waals surface area (Å²) in [5.74, 6) is 2.84. The minimum absolute atomic E-state index is 0.227. The van der Waals surface area contributed by atoms with Gasteiger partial charge in [0.05, 0.1) is 0 Å². The molecule has 0 spiro atoms. The summed E-state index contributed by atoms with van der Waals surface area (Å²) in [7, 11) is 0. The third-order valence-electron chi connectivity index (χ3n) is 3.18. The SMILES string of the molecule is CC(=O)N1CCN([C@@H]2CCSC2)CC1. The molecule has 2 rings (SSSR count). The maximum atomic E-state index is 11.1. The van der Waals surface area contributed by atoms with Gasteiger partial charge in [-0.1, -0.05) is 0 Å². The van der Waals surface area contributed by atoms with Gasteiger partial charge in [-0.05, 0) is 12.2 Å². The Bertz CT molecular complexity index is 208. The van der Waals surface area contributed by atoms with Crippen LogP contribution in [0.3, 0.4) is 0 Å². The Kier molecular flexibility index (Phi) is 3.34. The van der Waals surface area contributed by atoms with E-state index in [9.17, 15) is 4.79 Å². The molecule has 4 heteroatoms. The first-order valence-electron chi connectivity index (χ1n) is 5.34. The van der Waals surface area contributed by atoms with E-state index in [4.69, 9.17) is 0 Å². The molecule has 80 valence electrons. The van der Waals surface area contributed by atoms with E-state index in [0.717, 1.165) is 32.2 Å². The van der Waals surface area contributed by atoms with E-state index in [2.05, 4.69) is 16.7 Å². The number of hydrogen-bond donors (Lipinski definition) is 0. The molecule has 0 N–H and O–H groups in total. The zero-order valence-corrected chi connectivity index (χ0v) is 9.55. The van der Waals surface area contributed by atoms with Crippen LogP contribution in [0.4, 0.5) is 0 Å². The average Bonchev–Trinajstić information content (AvgIpc) is 2.71. The van der Waals surface area contributed by atoms with E-state index in [1.54, 1.807) is 6.92 Å². The van der Waals surface area contributed by atoms with Crippen LogP contribution in [0.5, 0.6) is 0 Å². The van der Waals surface area contributed by atoms with Gasteiger partial charge < -0.3 is 4.90 Å². The molecule has 1 amide bonds. The lowest BCUT2D eigenvalue weighted by Gasteiger charge is -2.37. The van der Waals surface area contributed by atoms with Crippen molar-refractivity contribution in [3.05, 3.63) is 0 Å². The summed E-state index contributed by atoms with van der Waals surface area (Å²) >= 11 is 2.06. The zero-order valence-electron chi connectivity index (χ0n) is 8.74. The second-order valence-corrected chi connectivity index (χ2v) is 5.21. The fraction of sp³-hybridized carbons (Fsp3) is 0.900. The first kappa shape index (κ1) is 10.3. The highest BCUT2D eigenvalue weighted by atomic mass is 32.2. The van der Waals surface area contributed by atoms with Crippen LogP contribution in [0.15, 0.2) is 0 Å². The molecule has 0 aliphatic carbocycles. The van der Waals surface area contributed by atoms with Crippen LogP contribution in [-0.4, -0.2) is 59.4 Å². The van der Waals surface area contributed by atoms with E-state index in [1.807, 2.05) is 4.90 Å². The molecule has 0 radical (unpaired) electrons. The van der Waals surface area contributed by atoms with Gasteiger partial charge in [-0.25, -0.2) is 0 Å². The molecule has 2 aliphatic rings. The van der Waals surface area contributed by atoms with E-state index < -0.39 is 0 Å². The quantitative estimate of drug-likeness (QED) is 0.640. The van der Waals surface area contributed by atoms with Crippen LogP contribution >= 0.6 is 11.8 Å². The molecule has 2 saturated heterocycles. The smallest absolute Gasteiger partial charge is 0.219 e. The summed E-state index contributed by atoms with van der Waals surface area (Å²) in [6.07, 6.45) is 1.34. The number of carbonyl (C=O) groups is 1. The Balaban J connectivity index is 1.80. The molecule has 1 atom stereocenters. The predicted molar refractivity (Wildman–Crippen MR) is 59.6 cm³/mol. The summed E-state index contributed by atoms with van der Waals surface area (Å²) in [6.45, 7) is 5.67. The molecule has 0 saturated carbocycles. The first-order valence-corrected chi connectivity index (χ1v) is 6.50. The number of thioether (sulfide) groups is 1. The summed E-state index contributed by atoms with van der Waals surface area (Å²) in [4.78, 5) is 15.6. The molecular formula is C10H18N2OS. The van der Waals surface area contributed by atoms with Crippen molar-refractivity contribution in [3.63, 3.8) is 0 Å². The highest BCUT2D eigenvalue weighted by Crippen LogP contribution is 2.23. The molecule has 2 aliphatic heterocycles. The molecule has 3 nitrogen and oxygen atoms in total. The Labute approximate surface area is 89.8 Å². The van der Waals surface area contributed by atoms with Gasteiger partial charge in [-0.3, -0.25) is 9.69 Å². The molecule has 0 bridgehead atoms. The van der Waals surface area contributed by atoms with Crippen molar-refractivity contribution in [1.29, 1.82) is 0 Å². The van der Waals surface area contributed by atoms with E-state index in [-0.39, 0.29) is 5.91 Å². The van der Waals surface area contributed by atoms with Crippen molar-refractivity contribution in [3.8, 4) is 0 Å². The Morgan fingerprint density at radius 3 is 2.50 bits per heavy atom. The van der Waals surface area contributed by atoms with Gasteiger partial charge in [0.15, 0.2) is 0 Å². The number of amides is 1. The molecular weight excluding hydrogens is 196 g/mol. The molecule has 0 aromatic carbocycles. The van der Waals surface area contributed by atoms with Gasteiger partial charge >= 0.3 is 0 Å². The van der Waals surface area contributed by atoms with E-state index in [0.29, 0.717) is 0 Å². The van der Waals surface area contributed by atoms with Crippen LogP contribution in [0.2, 0.25) is 0 Å². The summed E-state index contributed by atoms with van der Waals surface area (Å²) in [5.41, 5.74) is 0. The molecule has 0 unspecified atom stereocenters. The largest absolute Gasteiger partial charge is 0.340 e. The third-order valence-corrected chi connectivity index (χ3v) is 4.33. The van der Waals surface area contributed by atoms with Crippen molar-refractivity contribution in [1.82, 2.24) is 9.80 Å². The topological polar surface area (TPSA) is 23.6 Å². The first-order chi connectivity index (χ1) is 6.77. The molecule has 14 heavy (non-hydrogen) atoms. The van der Waals surface area contributed by atoms with E-state index in [1.165, 1.54) is 17.9 Å². The zero-order chi connectivity index (χ0) is 9.97. The van der Waals surface area contributed by atoms with Crippen LogP contribution in [0, 0.1) is 0 Å². The Morgan fingerprint density at radius 1 is 1.29 bits per heavy atom. The standard InChI is InChI=1S/C10H18N2OS/c1-9(13)11-3-5-12(6-4-11)10-2-7-14-8-10/h10H,2-8H2,1H3/t10-/m1/s1. The monoisotopic (exact) mass is 214 g/mol. The molecule has 2 fully saturated rings. The normalized spacial score (nSPS) is 29.5. The average molecular weight is 214 g/mol. The van der Waals surface area contributed by atoms with Crippen LogP contribution in [0.25, 0.3) is 0 Å². The van der Waals surface area contributed by atoms with Gasteiger partial charge in [0.25, 0.3) is 0 Å². The van der Waals surface area contributed by atoms with Crippen LogP contribution < -0.4 is 0 Å². The number of carbonyl (C=O) groups excluding carboxylic acids is 1. The number of hydrogen-bond acceptors (Lipinski definition) is 3. The second-order valence-electron chi connectivity index (χ2n) is 4.06. The van der Waals surface area contributed by atoms with Gasteiger partial charge in [-0.15, -0.1) is 0 Å². The minimum atomic E-state index is 0.227. The van der Waals surface area contributed by atoms with Gasteiger partial charge in [0, 0.05) is 44.9 Å². The minimum Gasteiger partial charge on any atom is -0.340 e. The van der Waals surface area contributed by atoms with Crippen molar-refractivity contribution in [2.45, 2.75) is 19.4 Å². The highest BCUT2D eigenvalue weighted by molar-refractivity contribution is 7.99. The van der Waals surface area contributed by atoms with Crippen molar-refractivity contribution >= 4 is 17.7 Å². The fourth-order valence-corrected chi connectivity index (χ4v) is 3.47. The summed E-state index contributed by atoms with van der Waals surface area (Å²) < 4.78 is 0. The number of piperazine rings is 1. The lowest BCUT2D eigenvalue weighted by molar-refractivity contribution is -0.130. The van der Waals surface area contributed by atoms with Gasteiger partial charge in [-0.2, -0.15) is 11.8 Å². The highest BCUT2D eigenvalue weighted by Gasteiger charge is 2.26. The summed E-state index contributed by atoms with van der Waals surface area (Å²) in [6, 6.07) is 0.786. The summed E-state index contributed by atoms with van der Waals surface area (Å²) in [5, 5.41) is 0. The van der Waals surface area contributed by atoms with E-state index >= 15 is 0 Å². The number of nitrogens with zero attached hydrogens (tertiary/aromatic N) is 2. The molecule has 0 aromatic heterocycles. The van der Waals surface area contributed by atoms with Crippen LogP contribution in [0.1, 0.15) is 13.3 Å². The Morgan fingerprint density at radius 2 is 2.00 bits per heavy atom. The van der Waals surface area contributed by atoms with Crippen molar-refractivity contribution in [2.24, 2.45) is 0 Å². The molecule has 2 heterocycles. The third kappa shape index (κ3) is 2.23. The fourth-order valence-electron chi connectivity index (χ4n) is 2.21. The molecule has 0 aromatic rings. The maximum absolute atomic E-state index is 11.1. The lowest BCUT2D eigenvalue weighted by atomic mass is 10.2.